The van der Waals surface area contributed by atoms with E-state index in [1.807, 2.05) is 13.0 Å². The van der Waals surface area contributed by atoms with Crippen LogP contribution in [-0.2, 0) is 0 Å². The summed E-state index contributed by atoms with van der Waals surface area (Å²) >= 11 is 0. The molecule has 116 valence electrons. The smallest absolute Gasteiger partial charge is 0.311 e. The summed E-state index contributed by atoms with van der Waals surface area (Å²) in [5.74, 6) is 0.365. The van der Waals surface area contributed by atoms with Gasteiger partial charge < -0.3 is 15.0 Å². The van der Waals surface area contributed by atoms with Gasteiger partial charge in [-0.25, -0.2) is 0 Å². The highest BCUT2D eigenvalue weighted by Crippen LogP contribution is 2.33. The number of hydrogen-bond acceptors (Lipinski definition) is 5. The Bertz CT molecular complexity index is 487. The standard InChI is InChI=1S/C15H23N3O3/c1-3-9-21-15-10-12(5-6-14(15)18(19)20)17(4-2)13-7-8-16-11-13/h5-6,10,13,16H,3-4,7-9,11H2,1-2H3. The molecule has 1 aromatic rings. The Morgan fingerprint density at radius 2 is 2.29 bits per heavy atom. The fraction of sp³-hybridized carbons (Fsp3) is 0.600. The van der Waals surface area contributed by atoms with Gasteiger partial charge in [0.15, 0.2) is 5.75 Å². The van der Waals surface area contributed by atoms with E-state index in [4.69, 9.17) is 4.74 Å². The van der Waals surface area contributed by atoms with Gasteiger partial charge in [-0.1, -0.05) is 6.92 Å². The largest absolute Gasteiger partial charge is 0.487 e. The second kappa shape index (κ2) is 7.26. The third kappa shape index (κ3) is 3.64. The summed E-state index contributed by atoms with van der Waals surface area (Å²) in [4.78, 5) is 13.0. The van der Waals surface area contributed by atoms with Crippen LogP contribution < -0.4 is 15.0 Å². The van der Waals surface area contributed by atoms with Crippen LogP contribution in [0.2, 0.25) is 0 Å². The third-order valence-electron chi connectivity index (χ3n) is 3.75. The van der Waals surface area contributed by atoms with Gasteiger partial charge in [-0.15, -0.1) is 0 Å². The SMILES string of the molecule is CCCOc1cc(N(CC)C2CCNC2)ccc1[N+](=O)[O-]. The average molecular weight is 293 g/mol. The number of benzene rings is 1. The molecule has 1 aliphatic heterocycles. The van der Waals surface area contributed by atoms with Crippen molar-refractivity contribution >= 4 is 11.4 Å². The van der Waals surface area contributed by atoms with Gasteiger partial charge in [-0.2, -0.15) is 0 Å². The van der Waals surface area contributed by atoms with Crippen LogP contribution in [0.5, 0.6) is 5.75 Å². The first kappa shape index (κ1) is 15.6. The fourth-order valence-electron chi connectivity index (χ4n) is 2.72. The van der Waals surface area contributed by atoms with Gasteiger partial charge in [0, 0.05) is 37.0 Å². The van der Waals surface area contributed by atoms with Crippen LogP contribution >= 0.6 is 0 Å². The number of nitro groups is 1. The predicted octanol–water partition coefficient (Wildman–Crippen LogP) is 2.57. The van der Waals surface area contributed by atoms with Crippen LogP contribution in [-0.4, -0.2) is 37.2 Å². The summed E-state index contributed by atoms with van der Waals surface area (Å²) in [6, 6.07) is 5.61. The number of anilines is 1. The van der Waals surface area contributed by atoms with Gasteiger partial charge in [0.2, 0.25) is 0 Å². The van der Waals surface area contributed by atoms with Crippen LogP contribution in [0.4, 0.5) is 11.4 Å². The van der Waals surface area contributed by atoms with E-state index < -0.39 is 0 Å². The maximum atomic E-state index is 11.1. The molecular weight excluding hydrogens is 270 g/mol. The maximum absolute atomic E-state index is 11.1. The summed E-state index contributed by atoms with van der Waals surface area (Å²) in [5.41, 5.74) is 1.02. The number of hydrogen-bond donors (Lipinski definition) is 1. The molecule has 0 aromatic heterocycles. The van der Waals surface area contributed by atoms with E-state index >= 15 is 0 Å². The molecule has 0 amide bonds. The first-order valence-electron chi connectivity index (χ1n) is 7.56. The quantitative estimate of drug-likeness (QED) is 0.618. The highest BCUT2D eigenvalue weighted by molar-refractivity contribution is 5.59. The zero-order chi connectivity index (χ0) is 15.2. The minimum atomic E-state index is -0.387. The van der Waals surface area contributed by atoms with Crippen molar-refractivity contribution in [2.24, 2.45) is 0 Å². The lowest BCUT2D eigenvalue weighted by Gasteiger charge is -2.29. The van der Waals surface area contributed by atoms with Crippen molar-refractivity contribution in [3.63, 3.8) is 0 Å². The first-order valence-corrected chi connectivity index (χ1v) is 7.56. The molecule has 0 bridgehead atoms. The summed E-state index contributed by atoms with van der Waals surface area (Å²) in [7, 11) is 0. The molecule has 1 atom stereocenters. The van der Waals surface area contributed by atoms with Crippen LogP contribution in [0.3, 0.4) is 0 Å². The Balaban J connectivity index is 2.28. The Labute approximate surface area is 125 Å². The minimum absolute atomic E-state index is 0.0350. The number of nitro benzene ring substituents is 1. The first-order chi connectivity index (χ1) is 10.2. The Morgan fingerprint density at radius 3 is 2.86 bits per heavy atom. The molecule has 0 saturated carbocycles. The second-order valence-electron chi connectivity index (χ2n) is 5.19. The third-order valence-corrected chi connectivity index (χ3v) is 3.75. The molecule has 1 N–H and O–H groups in total. The monoisotopic (exact) mass is 293 g/mol. The molecule has 6 nitrogen and oxygen atoms in total. The highest BCUT2D eigenvalue weighted by Gasteiger charge is 2.24. The normalized spacial score (nSPS) is 17.7. The fourth-order valence-corrected chi connectivity index (χ4v) is 2.72. The van der Waals surface area contributed by atoms with Crippen LogP contribution in [0.25, 0.3) is 0 Å². The molecule has 1 aliphatic rings. The molecule has 6 heteroatoms. The number of nitrogens with zero attached hydrogens (tertiary/aromatic N) is 2. The van der Waals surface area contributed by atoms with Gasteiger partial charge in [0.1, 0.15) is 0 Å². The molecule has 2 rings (SSSR count). The van der Waals surface area contributed by atoms with Crippen LogP contribution in [0, 0.1) is 10.1 Å². The highest BCUT2D eigenvalue weighted by atomic mass is 16.6. The zero-order valence-corrected chi connectivity index (χ0v) is 12.7. The lowest BCUT2D eigenvalue weighted by atomic mass is 10.1. The van der Waals surface area contributed by atoms with E-state index in [1.54, 1.807) is 12.1 Å². The van der Waals surface area contributed by atoms with Gasteiger partial charge in [0.05, 0.1) is 11.5 Å². The topological polar surface area (TPSA) is 67.6 Å². The Hall–Kier alpha value is -1.82. The van der Waals surface area contributed by atoms with E-state index in [1.165, 1.54) is 0 Å². The van der Waals surface area contributed by atoms with E-state index in [0.717, 1.165) is 38.2 Å². The van der Waals surface area contributed by atoms with E-state index in [2.05, 4.69) is 17.1 Å². The molecule has 0 radical (unpaired) electrons. The number of likely N-dealkylation sites (N-methyl/N-ethyl adjacent to an activating group) is 1. The predicted molar refractivity (Wildman–Crippen MR) is 83.2 cm³/mol. The molecule has 1 aromatic carbocycles. The lowest BCUT2D eigenvalue weighted by molar-refractivity contribution is -0.385. The summed E-state index contributed by atoms with van der Waals surface area (Å²) < 4.78 is 5.56. The van der Waals surface area contributed by atoms with E-state index in [0.29, 0.717) is 18.4 Å². The lowest BCUT2D eigenvalue weighted by Crippen LogP contribution is -2.36. The van der Waals surface area contributed by atoms with Gasteiger partial charge >= 0.3 is 5.69 Å². The molecule has 21 heavy (non-hydrogen) atoms. The van der Waals surface area contributed by atoms with Crippen molar-refractivity contribution in [3.8, 4) is 5.75 Å². The van der Waals surface area contributed by atoms with Crippen molar-refractivity contribution in [2.75, 3.05) is 31.1 Å². The van der Waals surface area contributed by atoms with Gasteiger partial charge in [-0.3, -0.25) is 10.1 Å². The zero-order valence-electron chi connectivity index (χ0n) is 12.7. The maximum Gasteiger partial charge on any atom is 0.311 e. The average Bonchev–Trinajstić information content (AvgIpc) is 3.00. The summed E-state index contributed by atoms with van der Waals surface area (Å²) in [5, 5.41) is 14.4. The van der Waals surface area contributed by atoms with Crippen molar-refractivity contribution in [3.05, 3.63) is 28.3 Å². The molecule has 1 fully saturated rings. The number of ether oxygens (including phenoxy) is 1. The molecule has 0 spiro atoms. The van der Waals surface area contributed by atoms with Crippen molar-refractivity contribution in [2.45, 2.75) is 32.7 Å². The Morgan fingerprint density at radius 1 is 1.48 bits per heavy atom. The summed E-state index contributed by atoms with van der Waals surface area (Å²) in [6.07, 6.45) is 1.92. The van der Waals surface area contributed by atoms with Gasteiger partial charge in [-0.05, 0) is 32.4 Å². The Kier molecular flexibility index (Phi) is 5.38. The van der Waals surface area contributed by atoms with Crippen LogP contribution in [0.1, 0.15) is 26.7 Å². The summed E-state index contributed by atoms with van der Waals surface area (Å²) in [6.45, 7) is 7.42. The van der Waals surface area contributed by atoms with E-state index in [9.17, 15) is 10.1 Å². The van der Waals surface area contributed by atoms with Crippen molar-refractivity contribution < 1.29 is 9.66 Å². The molecule has 1 unspecified atom stereocenters. The van der Waals surface area contributed by atoms with E-state index in [-0.39, 0.29) is 10.6 Å². The van der Waals surface area contributed by atoms with Gasteiger partial charge in [0.25, 0.3) is 0 Å². The van der Waals surface area contributed by atoms with Crippen molar-refractivity contribution in [1.82, 2.24) is 5.32 Å². The molecule has 1 heterocycles. The molecule has 0 aliphatic carbocycles. The number of rotatable bonds is 7. The van der Waals surface area contributed by atoms with Crippen molar-refractivity contribution in [1.29, 1.82) is 0 Å². The number of nitrogens with one attached hydrogen (secondary N) is 1. The second-order valence-corrected chi connectivity index (χ2v) is 5.19. The van der Waals surface area contributed by atoms with Crippen LogP contribution in [0.15, 0.2) is 18.2 Å². The molecule has 1 saturated heterocycles. The molecular formula is C15H23N3O3. The minimum Gasteiger partial charge on any atom is -0.487 e.